The minimum atomic E-state index is -1.08. The predicted molar refractivity (Wildman–Crippen MR) is 225 cm³/mol. The van der Waals surface area contributed by atoms with Crippen molar-refractivity contribution in [2.45, 2.75) is 63.7 Å². The van der Waals surface area contributed by atoms with E-state index in [9.17, 15) is 24.5 Å². The quantitative estimate of drug-likeness (QED) is 0.0581. The van der Waals surface area contributed by atoms with Gasteiger partial charge in [-0.3, -0.25) is 19.7 Å². The van der Waals surface area contributed by atoms with E-state index in [0.29, 0.717) is 29.7 Å². The number of nitro groups is 1. The highest BCUT2D eigenvalue weighted by Crippen LogP contribution is 2.37. The Bertz CT molecular complexity index is 2030. The van der Waals surface area contributed by atoms with Crippen molar-refractivity contribution < 1.29 is 42.7 Å². The zero-order chi connectivity index (χ0) is 43.3. The number of rotatable bonds is 12. The van der Waals surface area contributed by atoms with Crippen LogP contribution in [0.5, 0.6) is 11.5 Å². The lowest BCUT2D eigenvalue weighted by atomic mass is 10.0. The molecule has 1 aliphatic rings. The number of nitro benzene ring substituents is 1. The molecule has 0 saturated carbocycles. The van der Waals surface area contributed by atoms with Crippen molar-refractivity contribution in [1.29, 1.82) is 0 Å². The summed E-state index contributed by atoms with van der Waals surface area (Å²) in [6.07, 6.45) is 2.17. The van der Waals surface area contributed by atoms with Crippen LogP contribution in [0.1, 0.15) is 61.0 Å². The van der Waals surface area contributed by atoms with Crippen LogP contribution in [0.15, 0.2) is 77.4 Å². The summed E-state index contributed by atoms with van der Waals surface area (Å²) in [4.78, 5) is 48.1. The highest BCUT2D eigenvalue weighted by atomic mass is 35.5. The van der Waals surface area contributed by atoms with Crippen LogP contribution >= 0.6 is 58.0 Å². The van der Waals surface area contributed by atoms with Crippen molar-refractivity contribution >= 4 is 87.2 Å². The molecule has 0 radical (unpaired) electrons. The largest absolute Gasteiger partial charge is 0.467 e. The molecule has 1 aliphatic heterocycles. The molecule has 2 atom stereocenters. The van der Waals surface area contributed by atoms with Gasteiger partial charge >= 0.3 is 5.97 Å². The van der Waals surface area contributed by atoms with Crippen molar-refractivity contribution in [2.75, 3.05) is 38.2 Å². The molecule has 2 unspecified atom stereocenters. The molecule has 2 amide bonds. The molecule has 5 rings (SSSR count). The first-order chi connectivity index (χ1) is 27.4. The number of nitrogens with zero attached hydrogens (tertiary/aromatic N) is 3. The van der Waals surface area contributed by atoms with Gasteiger partial charge in [-0.15, -0.1) is 11.6 Å². The van der Waals surface area contributed by atoms with E-state index in [1.165, 1.54) is 23.1 Å². The number of ether oxygens (including phenoxy) is 4. The minimum absolute atomic E-state index is 0.0223. The topological polar surface area (TPSA) is 151 Å². The van der Waals surface area contributed by atoms with Gasteiger partial charge in [0.2, 0.25) is 5.91 Å². The molecule has 1 saturated heterocycles. The lowest BCUT2D eigenvalue weighted by molar-refractivity contribution is -0.385. The van der Waals surface area contributed by atoms with E-state index >= 15 is 0 Å². The molecule has 0 aliphatic carbocycles. The molecule has 0 N–H and O–H groups in total. The number of para-hydroxylation sites is 1. The van der Waals surface area contributed by atoms with Gasteiger partial charge in [-0.25, -0.2) is 4.79 Å². The third-order valence-corrected chi connectivity index (χ3v) is 9.74. The summed E-state index contributed by atoms with van der Waals surface area (Å²) >= 11 is 28.7. The molecule has 0 bridgehead atoms. The van der Waals surface area contributed by atoms with Crippen molar-refractivity contribution in [1.82, 2.24) is 4.90 Å². The summed E-state index contributed by atoms with van der Waals surface area (Å²) in [6.45, 7) is 10.5. The Balaban J connectivity index is 0.000000235. The Kier molecular flexibility index (Phi) is 18.6. The van der Waals surface area contributed by atoms with Crippen LogP contribution in [0.3, 0.4) is 0 Å². The number of carbonyl (C=O) groups excluding carboxylic acids is 3. The van der Waals surface area contributed by atoms with E-state index in [4.69, 9.17) is 76.6 Å². The number of aryl methyl sites for hydroxylation is 2. The van der Waals surface area contributed by atoms with Crippen LogP contribution in [-0.4, -0.2) is 77.5 Å². The second-order valence-corrected chi connectivity index (χ2v) is 15.3. The summed E-state index contributed by atoms with van der Waals surface area (Å²) in [5.74, 6) is -0.104. The molecule has 4 aromatic rings. The van der Waals surface area contributed by atoms with E-state index < -0.39 is 21.5 Å². The molecule has 18 heteroatoms. The molecular weight excluding hydrogens is 860 g/mol. The Hall–Kier alpha value is -4.08. The van der Waals surface area contributed by atoms with Gasteiger partial charge in [-0.1, -0.05) is 71.5 Å². The number of methoxy groups -OCH3 is 2. The summed E-state index contributed by atoms with van der Waals surface area (Å²) in [5.41, 5.74) is 1.88. The fraction of sp³-hybridized carbons (Fsp3) is 0.375. The first kappa shape index (κ1) is 48.3. The molecule has 314 valence electrons. The van der Waals surface area contributed by atoms with Crippen LogP contribution in [0.2, 0.25) is 10.0 Å². The van der Waals surface area contributed by atoms with Crippen LogP contribution < -0.4 is 9.64 Å². The summed E-state index contributed by atoms with van der Waals surface area (Å²) < 4.78 is 26.3. The van der Waals surface area contributed by atoms with E-state index in [0.717, 1.165) is 36.4 Å². The monoisotopic (exact) mass is 901 g/mol. The third kappa shape index (κ3) is 12.7. The number of anilines is 1. The van der Waals surface area contributed by atoms with E-state index in [1.54, 1.807) is 50.3 Å². The average Bonchev–Trinajstić information content (AvgIpc) is 3.84. The zero-order valence-electron chi connectivity index (χ0n) is 32.8. The molecule has 2 heterocycles. The Morgan fingerprint density at radius 1 is 1.05 bits per heavy atom. The van der Waals surface area contributed by atoms with Gasteiger partial charge < -0.3 is 33.2 Å². The van der Waals surface area contributed by atoms with Gasteiger partial charge in [0.15, 0.2) is 4.84 Å². The Morgan fingerprint density at radius 2 is 1.76 bits per heavy atom. The molecule has 0 spiro atoms. The van der Waals surface area contributed by atoms with E-state index in [-0.39, 0.29) is 51.9 Å². The van der Waals surface area contributed by atoms with Crippen molar-refractivity contribution in [3.8, 4) is 11.5 Å². The Labute approximate surface area is 362 Å². The number of esters is 1. The number of benzene rings is 3. The van der Waals surface area contributed by atoms with Gasteiger partial charge in [-0.05, 0) is 81.6 Å². The SMILES string of the molecule is CC1(C)OC(c2ccco2)CN1C(=O)C(Cl)Cl.CCc1cccc(C)c1N(C(=O)CCl)C(C)COC.COC(=O)c1cc(Oc2ccc(Cl)cc2Cl)ccc1[N+](=O)[O-]. The number of carbonyl (C=O) groups is 3. The smallest absolute Gasteiger partial charge is 0.345 e. The third-order valence-electron chi connectivity index (χ3n) is 8.61. The number of alkyl halides is 3. The number of hydrogen-bond acceptors (Lipinski definition) is 10. The maximum atomic E-state index is 12.2. The minimum Gasteiger partial charge on any atom is -0.467 e. The fourth-order valence-electron chi connectivity index (χ4n) is 5.95. The summed E-state index contributed by atoms with van der Waals surface area (Å²) in [5, 5.41) is 11.6. The molecular formula is C40H44Cl5N3O10. The fourth-order valence-corrected chi connectivity index (χ4v) is 6.76. The average molecular weight is 904 g/mol. The summed E-state index contributed by atoms with van der Waals surface area (Å²) in [6, 6.07) is 18.0. The van der Waals surface area contributed by atoms with Crippen LogP contribution in [0.4, 0.5) is 11.4 Å². The summed E-state index contributed by atoms with van der Waals surface area (Å²) in [7, 11) is 2.77. The Morgan fingerprint density at radius 3 is 2.31 bits per heavy atom. The zero-order valence-corrected chi connectivity index (χ0v) is 36.6. The molecule has 13 nitrogen and oxygen atoms in total. The van der Waals surface area contributed by atoms with Crippen molar-refractivity contribution in [3.05, 3.63) is 116 Å². The predicted octanol–water partition coefficient (Wildman–Crippen LogP) is 10.4. The van der Waals surface area contributed by atoms with Gasteiger partial charge in [-0.2, -0.15) is 0 Å². The van der Waals surface area contributed by atoms with E-state index in [1.807, 2.05) is 32.0 Å². The van der Waals surface area contributed by atoms with Crippen molar-refractivity contribution in [3.63, 3.8) is 0 Å². The lowest BCUT2D eigenvalue weighted by Crippen LogP contribution is -2.45. The van der Waals surface area contributed by atoms with Crippen LogP contribution in [-0.2, 0) is 30.2 Å². The maximum Gasteiger partial charge on any atom is 0.345 e. The molecule has 1 fully saturated rings. The molecule has 3 aromatic carbocycles. The molecule has 58 heavy (non-hydrogen) atoms. The van der Waals surface area contributed by atoms with E-state index in [2.05, 4.69) is 17.7 Å². The number of amides is 2. The normalized spacial score (nSPS) is 14.7. The van der Waals surface area contributed by atoms with Gasteiger partial charge in [0.05, 0.1) is 48.2 Å². The highest BCUT2D eigenvalue weighted by molar-refractivity contribution is 6.53. The first-order valence-corrected chi connectivity index (χ1v) is 19.8. The van der Waals surface area contributed by atoms with Crippen LogP contribution in [0, 0.1) is 17.0 Å². The van der Waals surface area contributed by atoms with Crippen molar-refractivity contribution in [2.24, 2.45) is 0 Å². The molecule has 1 aromatic heterocycles. The first-order valence-electron chi connectivity index (χ1n) is 17.7. The second-order valence-electron chi connectivity index (χ2n) is 13.1. The second kappa shape index (κ2) is 22.3. The van der Waals surface area contributed by atoms with Gasteiger partial charge in [0, 0.05) is 24.3 Å². The van der Waals surface area contributed by atoms with Gasteiger partial charge in [0.25, 0.3) is 11.6 Å². The number of halogens is 5. The van der Waals surface area contributed by atoms with Crippen LogP contribution in [0.25, 0.3) is 0 Å². The van der Waals surface area contributed by atoms with Gasteiger partial charge in [0.1, 0.15) is 40.5 Å². The maximum absolute atomic E-state index is 12.2. The number of hydrogen-bond donors (Lipinski definition) is 0. The number of furan rings is 1. The standard InChI is InChI=1S/C15H22ClNO2.C14H9Cl2NO5.C11H13Cl2NO3/c1-5-13-8-6-7-11(2)15(13)17(14(18)9-16)12(3)10-19-4;1-21-14(18)10-7-9(3-4-12(10)17(19)20)22-13-5-2-8(15)6-11(13)16;1-11(2)14(10(15)9(12)13)6-8(17-11)7-4-3-5-16-7/h6-8,12H,5,9-10H2,1-4H3;2-7H,1H3;3-5,8-9H,6H2,1-2H3. The lowest BCUT2D eigenvalue weighted by Gasteiger charge is -2.31. The highest BCUT2D eigenvalue weighted by Gasteiger charge is 2.45.